The lowest BCUT2D eigenvalue weighted by atomic mass is 10.3. The van der Waals surface area contributed by atoms with Crippen molar-refractivity contribution in [1.82, 2.24) is 0 Å². The lowest BCUT2D eigenvalue weighted by molar-refractivity contribution is 1.53. The van der Waals surface area contributed by atoms with Crippen LogP contribution in [-0.2, 0) is 0 Å². The minimum Gasteiger partial charge on any atom is -0.301 e. The van der Waals surface area contributed by atoms with E-state index in [1.807, 2.05) is 60.8 Å². The molecule has 0 saturated heterocycles. The molecule has 0 bridgehead atoms. The first-order valence-corrected chi connectivity index (χ1v) is 4.49. The minimum absolute atomic E-state index is 0.492. The van der Waals surface area contributed by atoms with E-state index in [9.17, 15) is 0 Å². The highest BCUT2D eigenvalue weighted by Crippen LogP contribution is 1.89. The fourth-order valence-electron chi connectivity index (χ4n) is 0.887. The summed E-state index contributed by atoms with van der Waals surface area (Å²) in [7, 11) is 0. The van der Waals surface area contributed by atoms with Gasteiger partial charge in [-0.1, -0.05) is 60.8 Å². The van der Waals surface area contributed by atoms with Crippen LogP contribution in [0.4, 0.5) is 0 Å². The average molecular weight is 183 g/mol. The standard InChI is InChI=1S/C13H13N/c14-13-11-9-7-5-3-1-2-4-6-8-10-12-13/h1-12,14H/b3-1-,4-2-,7-5-,8-6+,11-9?,12-10-,14-13?. The number of allylic oxidation sites excluding steroid dienone is 12. The molecular formula is C13H13N. The summed E-state index contributed by atoms with van der Waals surface area (Å²) in [6.45, 7) is 0. The van der Waals surface area contributed by atoms with Crippen LogP contribution in [0.15, 0.2) is 72.9 Å². The zero-order chi connectivity index (χ0) is 10.1. The zero-order valence-electron chi connectivity index (χ0n) is 7.93. The maximum atomic E-state index is 7.50. The summed E-state index contributed by atoms with van der Waals surface area (Å²) >= 11 is 0. The summed E-state index contributed by atoms with van der Waals surface area (Å²) < 4.78 is 0. The van der Waals surface area contributed by atoms with Crippen LogP contribution < -0.4 is 0 Å². The molecule has 0 fully saturated rings. The molecular weight excluding hydrogens is 170 g/mol. The number of nitrogens with one attached hydrogen (secondary N) is 1. The van der Waals surface area contributed by atoms with Crippen molar-refractivity contribution >= 4 is 5.71 Å². The molecule has 1 aliphatic carbocycles. The highest BCUT2D eigenvalue weighted by atomic mass is 14.4. The first-order chi connectivity index (χ1) is 6.89. The van der Waals surface area contributed by atoms with Crippen molar-refractivity contribution in [2.45, 2.75) is 0 Å². The Labute approximate surface area is 84.7 Å². The first-order valence-electron chi connectivity index (χ1n) is 4.49. The van der Waals surface area contributed by atoms with Crippen molar-refractivity contribution in [3.05, 3.63) is 72.9 Å². The van der Waals surface area contributed by atoms with Crippen molar-refractivity contribution in [3.8, 4) is 0 Å². The van der Waals surface area contributed by atoms with Gasteiger partial charge < -0.3 is 5.41 Å². The summed E-state index contributed by atoms with van der Waals surface area (Å²) in [4.78, 5) is 0. The van der Waals surface area contributed by atoms with Crippen molar-refractivity contribution in [3.63, 3.8) is 0 Å². The topological polar surface area (TPSA) is 23.9 Å². The summed E-state index contributed by atoms with van der Waals surface area (Å²) in [5.41, 5.74) is 0.492. The molecule has 0 aromatic carbocycles. The Balaban J connectivity index is 2.77. The second kappa shape index (κ2) is 6.61. The normalized spacial score (nSPS) is 27.9. The third kappa shape index (κ3) is 4.88. The molecule has 1 rings (SSSR count). The summed E-state index contributed by atoms with van der Waals surface area (Å²) in [5, 5.41) is 7.50. The van der Waals surface area contributed by atoms with Crippen LogP contribution in [0.25, 0.3) is 0 Å². The van der Waals surface area contributed by atoms with Crippen LogP contribution in [0.5, 0.6) is 0 Å². The monoisotopic (exact) mass is 183 g/mol. The van der Waals surface area contributed by atoms with E-state index in [4.69, 9.17) is 5.41 Å². The lowest BCUT2D eigenvalue weighted by Crippen LogP contribution is -1.80. The third-order valence-electron chi connectivity index (χ3n) is 1.55. The largest absolute Gasteiger partial charge is 0.301 e. The summed E-state index contributed by atoms with van der Waals surface area (Å²) in [5.74, 6) is 0. The lowest BCUT2D eigenvalue weighted by Gasteiger charge is -1.82. The Hall–Kier alpha value is -1.89. The summed E-state index contributed by atoms with van der Waals surface area (Å²) in [6, 6.07) is 0. The van der Waals surface area contributed by atoms with Crippen molar-refractivity contribution in [2.75, 3.05) is 0 Å². The van der Waals surface area contributed by atoms with Crippen molar-refractivity contribution in [2.24, 2.45) is 0 Å². The Bertz CT molecular complexity index is 315. The molecule has 0 aromatic heterocycles. The van der Waals surface area contributed by atoms with Crippen LogP contribution in [0, 0.1) is 5.41 Å². The molecule has 1 heteroatoms. The van der Waals surface area contributed by atoms with Crippen molar-refractivity contribution < 1.29 is 0 Å². The molecule has 1 N–H and O–H groups in total. The van der Waals surface area contributed by atoms with Crippen LogP contribution in [0.2, 0.25) is 0 Å². The van der Waals surface area contributed by atoms with E-state index in [1.54, 1.807) is 12.2 Å². The highest BCUT2D eigenvalue weighted by Gasteiger charge is 1.78. The molecule has 0 saturated carbocycles. The van der Waals surface area contributed by atoms with Gasteiger partial charge in [-0.15, -0.1) is 0 Å². The van der Waals surface area contributed by atoms with Gasteiger partial charge in [0.2, 0.25) is 0 Å². The van der Waals surface area contributed by atoms with Gasteiger partial charge in [0, 0.05) is 0 Å². The molecule has 1 aliphatic rings. The van der Waals surface area contributed by atoms with E-state index >= 15 is 0 Å². The first kappa shape index (κ1) is 10.2. The van der Waals surface area contributed by atoms with Gasteiger partial charge in [0.15, 0.2) is 0 Å². The number of rotatable bonds is 0. The Morgan fingerprint density at radius 1 is 0.500 bits per heavy atom. The average Bonchev–Trinajstić information content (AvgIpc) is 2.20. The summed E-state index contributed by atoms with van der Waals surface area (Å²) in [6.07, 6.45) is 22.7. The van der Waals surface area contributed by atoms with E-state index < -0.39 is 0 Å². The predicted molar refractivity (Wildman–Crippen MR) is 62.6 cm³/mol. The maximum absolute atomic E-state index is 7.50. The number of hydrogen-bond donors (Lipinski definition) is 1. The molecule has 0 spiro atoms. The van der Waals surface area contributed by atoms with E-state index in [-0.39, 0.29) is 0 Å². The fourth-order valence-corrected chi connectivity index (χ4v) is 0.887. The van der Waals surface area contributed by atoms with Gasteiger partial charge in [-0.2, -0.15) is 0 Å². The van der Waals surface area contributed by atoms with Gasteiger partial charge in [0.05, 0.1) is 5.71 Å². The van der Waals surface area contributed by atoms with Gasteiger partial charge in [0.25, 0.3) is 0 Å². The SMILES string of the molecule is N=C1C=C\C=C/C=C\C=C/C=C/C=C\1. The Morgan fingerprint density at radius 3 is 1.14 bits per heavy atom. The van der Waals surface area contributed by atoms with Gasteiger partial charge in [0.1, 0.15) is 0 Å². The molecule has 1 nitrogen and oxygen atoms in total. The van der Waals surface area contributed by atoms with Gasteiger partial charge in [-0.3, -0.25) is 0 Å². The maximum Gasteiger partial charge on any atom is 0.0539 e. The Morgan fingerprint density at radius 2 is 0.786 bits per heavy atom. The smallest absolute Gasteiger partial charge is 0.0539 e. The minimum atomic E-state index is 0.492. The van der Waals surface area contributed by atoms with E-state index in [1.165, 1.54) is 0 Å². The van der Waals surface area contributed by atoms with E-state index in [0.29, 0.717) is 5.71 Å². The molecule has 14 heavy (non-hydrogen) atoms. The molecule has 0 aliphatic heterocycles. The van der Waals surface area contributed by atoms with Crippen molar-refractivity contribution in [1.29, 1.82) is 5.41 Å². The fraction of sp³-hybridized carbons (Fsp3) is 0. The highest BCUT2D eigenvalue weighted by molar-refractivity contribution is 6.01. The molecule has 0 heterocycles. The molecule has 0 unspecified atom stereocenters. The molecule has 70 valence electrons. The zero-order valence-corrected chi connectivity index (χ0v) is 7.93. The molecule has 0 amide bonds. The predicted octanol–water partition coefficient (Wildman–Crippen LogP) is 3.36. The van der Waals surface area contributed by atoms with Gasteiger partial charge in [-0.05, 0) is 12.2 Å². The van der Waals surface area contributed by atoms with Crippen LogP contribution in [0.3, 0.4) is 0 Å². The quantitative estimate of drug-likeness (QED) is 0.595. The molecule has 0 radical (unpaired) electrons. The number of hydrogen-bond acceptors (Lipinski definition) is 1. The third-order valence-corrected chi connectivity index (χ3v) is 1.55. The Kier molecular flexibility index (Phi) is 4.81. The molecule has 0 atom stereocenters. The van der Waals surface area contributed by atoms with Crippen LogP contribution in [0.1, 0.15) is 0 Å². The second-order valence-electron chi connectivity index (χ2n) is 2.71. The van der Waals surface area contributed by atoms with E-state index in [0.717, 1.165) is 0 Å². The van der Waals surface area contributed by atoms with Crippen LogP contribution in [-0.4, -0.2) is 5.71 Å². The molecule has 0 aromatic rings. The van der Waals surface area contributed by atoms with E-state index in [2.05, 4.69) is 0 Å². The van der Waals surface area contributed by atoms with Gasteiger partial charge >= 0.3 is 0 Å². The second-order valence-corrected chi connectivity index (χ2v) is 2.71. The van der Waals surface area contributed by atoms with Crippen LogP contribution >= 0.6 is 0 Å². The van der Waals surface area contributed by atoms with Gasteiger partial charge in [-0.25, -0.2) is 0 Å².